The predicted octanol–water partition coefficient (Wildman–Crippen LogP) is 17.6. The quantitative estimate of drug-likeness (QED) is 0.149. The Morgan fingerprint density at radius 3 is 1.11 bits per heavy atom. The molecule has 2 heterocycles. The minimum absolute atomic E-state index is 0.122. The standard InChI is InChI=1S/C66H33FN8/c1-71-57-17-9-6-14-48(57)43-22-27-52-51-26-21-42(47-13-5-4-12-46(47)39-70)33-60(51)74(61(52)34-43)64-31-41(38-69)32-65(66(64)55-25-20-40(37-68)30-56(55)67)75-62-35-44(49-15-7-10-18-58(49)72-2)23-28-53(62)54-29-24-45(36-63(54)75)50-16-8-11-19-59(50)73-3/h4-36H. The van der Waals surface area contributed by atoms with Gasteiger partial charge in [-0.25, -0.2) is 18.9 Å². The second-order valence-corrected chi connectivity index (χ2v) is 18.0. The largest absolute Gasteiger partial charge is 0.308 e. The van der Waals surface area contributed by atoms with Gasteiger partial charge in [0.05, 0.1) is 88.1 Å². The highest BCUT2D eigenvalue weighted by Crippen LogP contribution is 2.47. The number of halogens is 1. The molecule has 2 aromatic heterocycles. The summed E-state index contributed by atoms with van der Waals surface area (Å²) in [5.41, 5.74) is 12.4. The van der Waals surface area contributed by atoms with Crippen molar-refractivity contribution in [3.05, 3.63) is 257 Å². The van der Waals surface area contributed by atoms with Crippen molar-refractivity contribution in [3.8, 4) is 85.2 Å². The normalized spacial score (nSPS) is 10.9. The number of nitriles is 3. The number of para-hydroxylation sites is 3. The monoisotopic (exact) mass is 956 g/mol. The van der Waals surface area contributed by atoms with Gasteiger partial charge in [0.1, 0.15) is 5.82 Å². The third-order valence-electron chi connectivity index (χ3n) is 14.0. The minimum atomic E-state index is -0.670. The molecule has 0 atom stereocenters. The number of aromatic nitrogens is 2. The zero-order chi connectivity index (χ0) is 51.3. The molecule has 0 radical (unpaired) electrons. The third-order valence-corrected chi connectivity index (χ3v) is 14.0. The molecule has 12 aromatic rings. The van der Waals surface area contributed by atoms with Crippen LogP contribution in [-0.2, 0) is 0 Å². The van der Waals surface area contributed by atoms with Gasteiger partial charge in [0.2, 0.25) is 0 Å². The highest BCUT2D eigenvalue weighted by atomic mass is 19.1. The van der Waals surface area contributed by atoms with E-state index in [9.17, 15) is 15.8 Å². The van der Waals surface area contributed by atoms with Crippen molar-refractivity contribution in [2.75, 3.05) is 0 Å². The molecule has 10 aromatic carbocycles. The summed E-state index contributed by atoms with van der Waals surface area (Å²) < 4.78 is 21.6. The van der Waals surface area contributed by atoms with Crippen LogP contribution < -0.4 is 0 Å². The Balaban J connectivity index is 1.28. The van der Waals surface area contributed by atoms with Crippen molar-refractivity contribution in [2.24, 2.45) is 0 Å². The second kappa shape index (κ2) is 18.1. The van der Waals surface area contributed by atoms with Crippen LogP contribution in [0.2, 0.25) is 0 Å². The lowest BCUT2D eigenvalue weighted by molar-refractivity contribution is 0.630. The maximum absolute atomic E-state index is 17.5. The molecular formula is C66H33FN8. The van der Waals surface area contributed by atoms with E-state index in [-0.39, 0.29) is 16.7 Å². The Bertz CT molecular complexity index is 4220. The lowest BCUT2D eigenvalue weighted by Gasteiger charge is -2.22. The van der Waals surface area contributed by atoms with Crippen molar-refractivity contribution < 1.29 is 4.39 Å². The van der Waals surface area contributed by atoms with Gasteiger partial charge in [-0.1, -0.05) is 140 Å². The lowest BCUT2D eigenvalue weighted by atomic mass is 9.96. The van der Waals surface area contributed by atoms with Crippen LogP contribution in [-0.4, -0.2) is 9.13 Å². The number of benzene rings is 10. The first-order valence-electron chi connectivity index (χ1n) is 23.7. The Morgan fingerprint density at radius 2 is 0.733 bits per heavy atom. The van der Waals surface area contributed by atoms with Gasteiger partial charge < -0.3 is 9.13 Å². The van der Waals surface area contributed by atoms with E-state index in [1.807, 2.05) is 155 Å². The molecule has 75 heavy (non-hydrogen) atoms. The van der Waals surface area contributed by atoms with Crippen LogP contribution in [0, 0.1) is 59.5 Å². The van der Waals surface area contributed by atoms with E-state index in [4.69, 9.17) is 19.7 Å². The predicted molar refractivity (Wildman–Crippen MR) is 295 cm³/mol. The number of nitrogens with zero attached hydrogens (tertiary/aromatic N) is 8. The SMILES string of the molecule is [C-]#[N+]c1ccccc1-c1ccc2c3ccc(-c4ccccc4C#N)cc3n(-c3cc(C#N)cc(-n4c5cc(-c6ccccc6[N+]#[C-])ccc5c5ccc(-c6ccccc6[N+]#[C-])cc54)c3-c3ccc(C#N)cc3F)c2c1. The van der Waals surface area contributed by atoms with E-state index in [2.05, 4.69) is 32.7 Å². The topological polar surface area (TPSA) is 94.3 Å². The van der Waals surface area contributed by atoms with E-state index in [1.165, 1.54) is 6.07 Å². The summed E-state index contributed by atoms with van der Waals surface area (Å²) in [6.07, 6.45) is 0. The number of fused-ring (bicyclic) bond motifs is 6. The van der Waals surface area contributed by atoms with Crippen LogP contribution in [0.15, 0.2) is 200 Å². The molecule has 0 amide bonds. The highest BCUT2D eigenvalue weighted by Gasteiger charge is 2.27. The summed E-state index contributed by atoms with van der Waals surface area (Å²) in [7, 11) is 0. The van der Waals surface area contributed by atoms with Crippen molar-refractivity contribution in [2.45, 2.75) is 0 Å². The summed E-state index contributed by atoms with van der Waals surface area (Å²) in [4.78, 5) is 11.6. The van der Waals surface area contributed by atoms with Crippen molar-refractivity contribution in [3.63, 3.8) is 0 Å². The van der Waals surface area contributed by atoms with Crippen LogP contribution in [0.25, 0.3) is 125 Å². The molecule has 9 heteroatoms. The first kappa shape index (κ1) is 44.8. The third kappa shape index (κ3) is 7.31. The van der Waals surface area contributed by atoms with Gasteiger partial charge in [0.15, 0.2) is 17.1 Å². The molecule has 0 aliphatic heterocycles. The molecular weight excluding hydrogens is 924 g/mol. The molecule has 0 aliphatic rings. The molecule has 0 saturated heterocycles. The molecule has 8 nitrogen and oxygen atoms in total. The average Bonchev–Trinajstić information content (AvgIpc) is 4.11. The molecule has 0 fully saturated rings. The fourth-order valence-electron chi connectivity index (χ4n) is 10.6. The fraction of sp³-hybridized carbons (Fsp3) is 0. The first-order chi connectivity index (χ1) is 36.8. The van der Waals surface area contributed by atoms with Gasteiger partial charge in [-0.15, -0.1) is 0 Å². The van der Waals surface area contributed by atoms with Gasteiger partial charge >= 0.3 is 0 Å². The van der Waals surface area contributed by atoms with E-state index in [0.717, 1.165) is 60.5 Å². The Labute approximate surface area is 430 Å². The fourth-order valence-corrected chi connectivity index (χ4v) is 10.6. The zero-order valence-electron chi connectivity index (χ0n) is 39.5. The molecule has 0 saturated carbocycles. The van der Waals surface area contributed by atoms with E-state index in [1.54, 1.807) is 48.5 Å². The molecule has 344 valence electrons. The molecule has 12 rings (SSSR count). The zero-order valence-corrected chi connectivity index (χ0v) is 39.5. The maximum Gasteiger partial charge on any atom is 0.194 e. The van der Waals surface area contributed by atoms with Crippen LogP contribution >= 0.6 is 0 Å². The van der Waals surface area contributed by atoms with Gasteiger partial charge in [-0.2, -0.15) is 15.8 Å². The van der Waals surface area contributed by atoms with Gasteiger partial charge in [0, 0.05) is 32.7 Å². The smallest absolute Gasteiger partial charge is 0.194 e. The summed E-state index contributed by atoms with van der Waals surface area (Å²) in [6, 6.07) is 68.4. The number of rotatable bonds is 7. The Kier molecular flexibility index (Phi) is 10.8. The lowest BCUT2D eigenvalue weighted by Crippen LogP contribution is -2.06. The van der Waals surface area contributed by atoms with E-state index >= 15 is 4.39 Å². The van der Waals surface area contributed by atoms with Gasteiger partial charge in [-0.05, 0) is 105 Å². The molecule has 0 bridgehead atoms. The summed E-state index contributed by atoms with van der Waals surface area (Å²) in [5, 5.41) is 35.0. The van der Waals surface area contributed by atoms with E-state index in [0.29, 0.717) is 67.2 Å². The second-order valence-electron chi connectivity index (χ2n) is 18.0. The average molecular weight is 957 g/mol. The van der Waals surface area contributed by atoms with Crippen LogP contribution in [0.5, 0.6) is 0 Å². The van der Waals surface area contributed by atoms with Crippen LogP contribution in [0.4, 0.5) is 21.5 Å². The number of hydrogen-bond acceptors (Lipinski definition) is 3. The summed E-state index contributed by atoms with van der Waals surface area (Å²) in [6.45, 7) is 24.2. The van der Waals surface area contributed by atoms with Gasteiger partial charge in [-0.3, -0.25) is 0 Å². The van der Waals surface area contributed by atoms with Crippen LogP contribution in [0.1, 0.15) is 16.7 Å². The highest BCUT2D eigenvalue weighted by molar-refractivity contribution is 6.14. The Hall–Kier alpha value is -11.3. The molecule has 0 aliphatic carbocycles. The molecule has 0 unspecified atom stereocenters. The van der Waals surface area contributed by atoms with Crippen molar-refractivity contribution >= 4 is 60.7 Å². The van der Waals surface area contributed by atoms with Crippen molar-refractivity contribution in [1.29, 1.82) is 15.8 Å². The maximum atomic E-state index is 17.5. The van der Waals surface area contributed by atoms with E-state index < -0.39 is 5.82 Å². The molecule has 0 N–H and O–H groups in total. The number of hydrogen-bond donors (Lipinski definition) is 0. The van der Waals surface area contributed by atoms with Crippen LogP contribution in [0.3, 0.4) is 0 Å². The van der Waals surface area contributed by atoms with Crippen molar-refractivity contribution in [1.82, 2.24) is 9.13 Å². The summed E-state index contributed by atoms with van der Waals surface area (Å²) >= 11 is 0. The summed E-state index contributed by atoms with van der Waals surface area (Å²) in [5.74, 6) is -0.670. The Morgan fingerprint density at radius 1 is 0.360 bits per heavy atom. The van der Waals surface area contributed by atoms with Gasteiger partial charge in [0.25, 0.3) is 0 Å². The first-order valence-corrected chi connectivity index (χ1v) is 23.7. The minimum Gasteiger partial charge on any atom is -0.308 e. The molecule has 0 spiro atoms.